The fourth-order valence-electron chi connectivity index (χ4n) is 1.79. The first kappa shape index (κ1) is 16.0. The molecule has 0 fully saturated rings. The number of thiocarbonyl (C=S) groups is 1. The van der Waals surface area contributed by atoms with Crippen molar-refractivity contribution in [3.05, 3.63) is 29.8 Å². The SMILES string of the molecule is CC(C)c1cccc(OCCCC(C)(C)C(N)=S)c1. The zero-order chi connectivity index (χ0) is 14.5. The number of hydrogen-bond acceptors (Lipinski definition) is 2. The van der Waals surface area contributed by atoms with E-state index >= 15 is 0 Å². The van der Waals surface area contributed by atoms with Crippen molar-refractivity contribution < 1.29 is 4.74 Å². The maximum Gasteiger partial charge on any atom is 0.119 e. The van der Waals surface area contributed by atoms with Gasteiger partial charge in [0.25, 0.3) is 0 Å². The van der Waals surface area contributed by atoms with E-state index < -0.39 is 0 Å². The first-order chi connectivity index (χ1) is 8.83. The number of nitrogens with two attached hydrogens (primary N) is 1. The fourth-order valence-corrected chi connectivity index (χ4v) is 1.89. The molecule has 0 atom stereocenters. The largest absolute Gasteiger partial charge is 0.494 e. The van der Waals surface area contributed by atoms with Gasteiger partial charge in [-0.05, 0) is 36.5 Å². The molecule has 0 saturated heterocycles. The fraction of sp³-hybridized carbons (Fsp3) is 0.562. The molecule has 0 saturated carbocycles. The lowest BCUT2D eigenvalue weighted by atomic mass is 9.88. The van der Waals surface area contributed by atoms with Crippen molar-refractivity contribution in [2.45, 2.75) is 46.5 Å². The zero-order valence-corrected chi connectivity index (χ0v) is 13.2. The van der Waals surface area contributed by atoms with Crippen LogP contribution in [0, 0.1) is 5.41 Å². The summed E-state index contributed by atoms with van der Waals surface area (Å²) >= 11 is 5.06. The van der Waals surface area contributed by atoms with Gasteiger partial charge in [-0.25, -0.2) is 0 Å². The van der Waals surface area contributed by atoms with Crippen molar-refractivity contribution in [1.29, 1.82) is 0 Å². The van der Waals surface area contributed by atoms with E-state index in [0.717, 1.165) is 18.6 Å². The molecule has 0 aliphatic carbocycles. The van der Waals surface area contributed by atoms with Crippen LogP contribution in [0.15, 0.2) is 24.3 Å². The van der Waals surface area contributed by atoms with Crippen LogP contribution in [0.5, 0.6) is 5.75 Å². The molecule has 1 rings (SSSR count). The molecule has 2 nitrogen and oxygen atoms in total. The standard InChI is InChI=1S/C16H25NOS/c1-12(2)13-7-5-8-14(11-13)18-10-6-9-16(3,4)15(17)19/h5,7-8,11-12H,6,9-10H2,1-4H3,(H2,17,19). The van der Waals surface area contributed by atoms with Gasteiger partial charge >= 0.3 is 0 Å². The van der Waals surface area contributed by atoms with Crippen molar-refractivity contribution in [2.24, 2.45) is 11.1 Å². The highest BCUT2D eigenvalue weighted by atomic mass is 32.1. The molecule has 0 bridgehead atoms. The molecule has 2 N–H and O–H groups in total. The molecule has 0 amide bonds. The summed E-state index contributed by atoms with van der Waals surface area (Å²) < 4.78 is 5.79. The highest BCUT2D eigenvalue weighted by Gasteiger charge is 2.20. The Morgan fingerprint density at radius 2 is 2.05 bits per heavy atom. The summed E-state index contributed by atoms with van der Waals surface area (Å²) in [5.74, 6) is 1.47. The summed E-state index contributed by atoms with van der Waals surface area (Å²) in [6.07, 6.45) is 1.91. The summed E-state index contributed by atoms with van der Waals surface area (Å²) in [6, 6.07) is 8.30. The molecular weight excluding hydrogens is 254 g/mol. The van der Waals surface area contributed by atoms with E-state index in [1.165, 1.54) is 5.56 Å². The van der Waals surface area contributed by atoms with Gasteiger partial charge in [-0.15, -0.1) is 0 Å². The summed E-state index contributed by atoms with van der Waals surface area (Å²) in [6.45, 7) is 9.23. The third-order valence-electron chi connectivity index (χ3n) is 3.41. The maximum atomic E-state index is 5.79. The van der Waals surface area contributed by atoms with Gasteiger partial charge in [0.15, 0.2) is 0 Å². The van der Waals surface area contributed by atoms with Gasteiger partial charge < -0.3 is 10.5 Å². The molecule has 3 heteroatoms. The highest BCUT2D eigenvalue weighted by molar-refractivity contribution is 7.80. The van der Waals surface area contributed by atoms with Crippen LogP contribution in [-0.4, -0.2) is 11.6 Å². The first-order valence-electron chi connectivity index (χ1n) is 6.85. The minimum absolute atomic E-state index is 0.0848. The third-order valence-corrected chi connectivity index (χ3v) is 3.96. The van der Waals surface area contributed by atoms with Crippen molar-refractivity contribution in [2.75, 3.05) is 6.61 Å². The molecule has 0 radical (unpaired) electrons. The molecule has 106 valence electrons. The van der Waals surface area contributed by atoms with Crippen LogP contribution in [0.2, 0.25) is 0 Å². The lowest BCUT2D eigenvalue weighted by molar-refractivity contribution is 0.287. The molecule has 0 spiro atoms. The van der Waals surface area contributed by atoms with E-state index in [9.17, 15) is 0 Å². The second-order valence-electron chi connectivity index (χ2n) is 5.93. The van der Waals surface area contributed by atoms with Gasteiger partial charge in [0.05, 0.1) is 11.6 Å². The van der Waals surface area contributed by atoms with E-state index in [-0.39, 0.29) is 5.41 Å². The molecule has 19 heavy (non-hydrogen) atoms. The smallest absolute Gasteiger partial charge is 0.119 e. The molecule has 1 aromatic carbocycles. The second-order valence-corrected chi connectivity index (χ2v) is 6.37. The molecule has 1 aromatic rings. The summed E-state index contributed by atoms with van der Waals surface area (Å²) in [7, 11) is 0. The second kappa shape index (κ2) is 6.90. The van der Waals surface area contributed by atoms with Gasteiger partial charge in [-0.1, -0.05) is 52.0 Å². The van der Waals surface area contributed by atoms with Gasteiger partial charge in [0.2, 0.25) is 0 Å². The van der Waals surface area contributed by atoms with Crippen molar-refractivity contribution in [3.63, 3.8) is 0 Å². The zero-order valence-electron chi connectivity index (χ0n) is 12.4. The summed E-state index contributed by atoms with van der Waals surface area (Å²) in [5.41, 5.74) is 6.93. The van der Waals surface area contributed by atoms with Gasteiger partial charge in [0, 0.05) is 5.41 Å². The maximum absolute atomic E-state index is 5.79. The van der Waals surface area contributed by atoms with Crippen LogP contribution in [0.25, 0.3) is 0 Å². The van der Waals surface area contributed by atoms with Crippen LogP contribution in [0.4, 0.5) is 0 Å². The van der Waals surface area contributed by atoms with E-state index in [2.05, 4.69) is 39.8 Å². The lowest BCUT2D eigenvalue weighted by Gasteiger charge is -2.22. The quantitative estimate of drug-likeness (QED) is 0.597. The Bertz CT molecular complexity index is 427. The van der Waals surface area contributed by atoms with Crippen molar-refractivity contribution in [1.82, 2.24) is 0 Å². The monoisotopic (exact) mass is 279 g/mol. The highest BCUT2D eigenvalue weighted by Crippen LogP contribution is 2.24. The Morgan fingerprint density at radius 1 is 1.37 bits per heavy atom. The van der Waals surface area contributed by atoms with E-state index in [1.54, 1.807) is 0 Å². The lowest BCUT2D eigenvalue weighted by Crippen LogP contribution is -2.30. The van der Waals surface area contributed by atoms with Crippen molar-refractivity contribution in [3.8, 4) is 5.75 Å². The predicted molar refractivity (Wildman–Crippen MR) is 85.8 cm³/mol. The number of ether oxygens (including phenoxy) is 1. The molecular formula is C16H25NOS. The molecule has 0 aliphatic heterocycles. The van der Waals surface area contributed by atoms with Gasteiger partial charge in [-0.3, -0.25) is 0 Å². The van der Waals surface area contributed by atoms with Crippen LogP contribution in [0.1, 0.15) is 52.0 Å². The topological polar surface area (TPSA) is 35.2 Å². The van der Waals surface area contributed by atoms with Crippen LogP contribution in [-0.2, 0) is 0 Å². The molecule has 0 heterocycles. The number of hydrogen-bond donors (Lipinski definition) is 1. The Kier molecular flexibility index (Phi) is 5.80. The van der Waals surface area contributed by atoms with Gasteiger partial charge in [0.1, 0.15) is 5.75 Å². The first-order valence-corrected chi connectivity index (χ1v) is 7.26. The average molecular weight is 279 g/mol. The van der Waals surface area contributed by atoms with E-state index in [1.807, 2.05) is 12.1 Å². The van der Waals surface area contributed by atoms with Crippen LogP contribution >= 0.6 is 12.2 Å². The Labute approximate surface area is 122 Å². The average Bonchev–Trinajstić information content (AvgIpc) is 2.35. The van der Waals surface area contributed by atoms with Gasteiger partial charge in [-0.2, -0.15) is 0 Å². The van der Waals surface area contributed by atoms with Crippen LogP contribution < -0.4 is 10.5 Å². The minimum Gasteiger partial charge on any atom is -0.494 e. The van der Waals surface area contributed by atoms with Crippen LogP contribution in [0.3, 0.4) is 0 Å². The number of rotatable bonds is 7. The Hall–Kier alpha value is -1.09. The minimum atomic E-state index is -0.0848. The normalized spacial score (nSPS) is 11.6. The molecule has 0 aromatic heterocycles. The Balaban J connectivity index is 2.42. The predicted octanol–water partition coefficient (Wildman–Crippen LogP) is 4.28. The Morgan fingerprint density at radius 3 is 2.63 bits per heavy atom. The molecule has 0 aliphatic rings. The molecule has 0 unspecified atom stereocenters. The third kappa shape index (κ3) is 5.19. The van der Waals surface area contributed by atoms with E-state index in [0.29, 0.717) is 17.5 Å². The van der Waals surface area contributed by atoms with Crippen molar-refractivity contribution >= 4 is 17.2 Å². The van der Waals surface area contributed by atoms with E-state index in [4.69, 9.17) is 22.7 Å². The summed E-state index contributed by atoms with van der Waals surface area (Å²) in [4.78, 5) is 0.578. The number of benzene rings is 1. The summed E-state index contributed by atoms with van der Waals surface area (Å²) in [5, 5.41) is 0.